The number of ether oxygens (including phenoxy) is 1. The third-order valence-corrected chi connectivity index (χ3v) is 6.28. The number of nitrogens with two attached hydrogens (primary N) is 1. The van der Waals surface area contributed by atoms with Gasteiger partial charge in [0, 0.05) is 23.1 Å². The van der Waals surface area contributed by atoms with E-state index in [0.29, 0.717) is 45.1 Å². The molecule has 0 spiro atoms. The Morgan fingerprint density at radius 3 is 2.52 bits per heavy atom. The molecule has 0 aliphatic heterocycles. The number of benzene rings is 1. The monoisotopic (exact) mass is 471 g/mol. The zero-order valence-electron chi connectivity index (χ0n) is 16.5. The first-order valence-electron chi connectivity index (χ1n) is 9.20. The summed E-state index contributed by atoms with van der Waals surface area (Å²) in [5, 5.41) is 31.1. The summed E-state index contributed by atoms with van der Waals surface area (Å²) in [7, 11) is 0. The molecule has 0 aliphatic carbocycles. The van der Waals surface area contributed by atoms with E-state index in [2.05, 4.69) is 22.1 Å². The highest BCUT2D eigenvalue weighted by atomic mass is 35.5. The number of hydrogen-bond donors (Lipinski definition) is 2. The molecular formula is C21H18ClN5O2S2. The van der Waals surface area contributed by atoms with Crippen molar-refractivity contribution < 1.29 is 9.84 Å². The van der Waals surface area contributed by atoms with Gasteiger partial charge in [0.25, 0.3) is 0 Å². The molecule has 0 amide bonds. The number of hydrogen-bond acceptors (Lipinski definition) is 9. The molecule has 10 heteroatoms. The lowest BCUT2D eigenvalue weighted by molar-refractivity contribution is 0.155. The fourth-order valence-electron chi connectivity index (χ4n) is 2.75. The highest BCUT2D eigenvalue weighted by Crippen LogP contribution is 2.37. The van der Waals surface area contributed by atoms with Crippen LogP contribution in [0.4, 0.5) is 5.82 Å². The van der Waals surface area contributed by atoms with Gasteiger partial charge in [-0.2, -0.15) is 10.5 Å². The second kappa shape index (κ2) is 10.5. The molecule has 0 fully saturated rings. The van der Waals surface area contributed by atoms with Crippen LogP contribution < -0.4 is 10.5 Å². The summed E-state index contributed by atoms with van der Waals surface area (Å²) in [6.07, 6.45) is 0.0802. The maximum absolute atomic E-state index is 9.86. The quantitative estimate of drug-likeness (QED) is 0.455. The van der Waals surface area contributed by atoms with Crippen molar-refractivity contribution in [2.75, 3.05) is 12.3 Å². The van der Waals surface area contributed by atoms with Gasteiger partial charge in [0.2, 0.25) is 0 Å². The number of halogens is 1. The van der Waals surface area contributed by atoms with Gasteiger partial charge < -0.3 is 15.6 Å². The predicted octanol–water partition coefficient (Wildman–Crippen LogP) is 4.63. The van der Waals surface area contributed by atoms with Gasteiger partial charge in [-0.3, -0.25) is 0 Å². The first-order chi connectivity index (χ1) is 14.9. The molecule has 2 heterocycles. The number of aromatic nitrogens is 2. The van der Waals surface area contributed by atoms with E-state index in [4.69, 9.17) is 22.1 Å². The van der Waals surface area contributed by atoms with Crippen LogP contribution in [0.15, 0.2) is 34.7 Å². The Kier molecular flexibility index (Phi) is 7.72. The average molecular weight is 472 g/mol. The van der Waals surface area contributed by atoms with Gasteiger partial charge in [-0.15, -0.1) is 11.3 Å². The van der Waals surface area contributed by atoms with E-state index in [1.807, 2.05) is 5.38 Å². The topological polar surface area (TPSA) is 129 Å². The van der Waals surface area contributed by atoms with E-state index in [9.17, 15) is 15.6 Å². The minimum absolute atomic E-state index is 0.0626. The van der Waals surface area contributed by atoms with Crippen LogP contribution in [0.5, 0.6) is 5.75 Å². The van der Waals surface area contributed by atoms with Crippen molar-refractivity contribution in [2.24, 2.45) is 0 Å². The van der Waals surface area contributed by atoms with Crippen LogP contribution >= 0.6 is 34.7 Å². The second-order valence-electron chi connectivity index (χ2n) is 6.54. The van der Waals surface area contributed by atoms with Crippen molar-refractivity contribution in [3.05, 3.63) is 50.9 Å². The van der Waals surface area contributed by atoms with Gasteiger partial charge in [0.1, 0.15) is 34.3 Å². The van der Waals surface area contributed by atoms with Crippen molar-refractivity contribution in [1.29, 1.82) is 10.5 Å². The first-order valence-corrected chi connectivity index (χ1v) is 11.4. The first kappa shape index (κ1) is 22.9. The summed E-state index contributed by atoms with van der Waals surface area (Å²) >= 11 is 8.52. The zero-order valence-corrected chi connectivity index (χ0v) is 18.9. The van der Waals surface area contributed by atoms with Crippen LogP contribution in [-0.2, 0) is 5.75 Å². The van der Waals surface area contributed by atoms with Crippen LogP contribution in [0.1, 0.15) is 30.2 Å². The van der Waals surface area contributed by atoms with Gasteiger partial charge in [0.15, 0.2) is 4.47 Å². The fourth-order valence-corrected chi connectivity index (χ4v) is 4.52. The summed E-state index contributed by atoms with van der Waals surface area (Å²) in [4.78, 5) is 8.49. The molecule has 1 aromatic carbocycles. The molecule has 3 aromatic rings. The summed E-state index contributed by atoms with van der Waals surface area (Å²) in [5.74, 6) is 1.15. The van der Waals surface area contributed by atoms with Crippen molar-refractivity contribution in [3.8, 4) is 29.0 Å². The van der Waals surface area contributed by atoms with Crippen LogP contribution in [0.25, 0.3) is 11.1 Å². The molecule has 3 N–H and O–H groups in total. The lowest BCUT2D eigenvalue weighted by Gasteiger charge is -2.13. The Morgan fingerprint density at radius 1 is 1.23 bits per heavy atom. The molecule has 7 nitrogen and oxygen atoms in total. The van der Waals surface area contributed by atoms with E-state index < -0.39 is 6.10 Å². The van der Waals surface area contributed by atoms with Crippen molar-refractivity contribution in [2.45, 2.75) is 30.2 Å². The van der Waals surface area contributed by atoms with E-state index in [1.54, 1.807) is 31.2 Å². The lowest BCUT2D eigenvalue weighted by atomic mass is 9.97. The van der Waals surface area contributed by atoms with Crippen LogP contribution in [-0.4, -0.2) is 27.8 Å². The Labute approximate surface area is 193 Å². The largest absolute Gasteiger partial charge is 0.493 e. The molecule has 1 atom stereocenters. The zero-order chi connectivity index (χ0) is 22.4. The minimum Gasteiger partial charge on any atom is -0.493 e. The molecule has 0 bridgehead atoms. The molecular weight excluding hydrogens is 454 g/mol. The normalized spacial score (nSPS) is 11.5. The summed E-state index contributed by atoms with van der Waals surface area (Å²) in [5.41, 5.74) is 8.35. The van der Waals surface area contributed by atoms with E-state index in [1.165, 1.54) is 23.1 Å². The van der Waals surface area contributed by atoms with Crippen LogP contribution in [0, 0.1) is 22.7 Å². The minimum atomic E-state index is -0.438. The number of aliphatic hydroxyl groups excluding tert-OH is 1. The number of nitriles is 2. The Balaban J connectivity index is 1.93. The van der Waals surface area contributed by atoms with Crippen molar-refractivity contribution in [1.82, 2.24) is 9.97 Å². The number of nitrogen functional groups attached to an aromatic ring is 1. The Bertz CT molecular complexity index is 1150. The maximum Gasteiger partial charge on any atom is 0.183 e. The molecule has 2 aromatic heterocycles. The Morgan fingerprint density at radius 2 is 1.94 bits per heavy atom. The highest BCUT2D eigenvalue weighted by Gasteiger charge is 2.21. The van der Waals surface area contributed by atoms with Gasteiger partial charge in [0.05, 0.1) is 24.0 Å². The van der Waals surface area contributed by atoms with Gasteiger partial charge in [-0.25, -0.2) is 9.97 Å². The molecule has 0 saturated heterocycles. The third-order valence-electron chi connectivity index (χ3n) is 4.24. The number of pyridine rings is 1. The lowest BCUT2D eigenvalue weighted by Crippen LogP contribution is -2.07. The van der Waals surface area contributed by atoms with E-state index in [0.717, 1.165) is 5.69 Å². The van der Waals surface area contributed by atoms with E-state index >= 15 is 0 Å². The third kappa shape index (κ3) is 5.66. The van der Waals surface area contributed by atoms with Gasteiger partial charge >= 0.3 is 0 Å². The number of thioether (sulfide) groups is 1. The average Bonchev–Trinajstić information content (AvgIpc) is 3.17. The molecule has 3 rings (SSSR count). The van der Waals surface area contributed by atoms with Crippen LogP contribution in [0.2, 0.25) is 4.47 Å². The molecule has 0 aliphatic rings. The smallest absolute Gasteiger partial charge is 0.183 e. The van der Waals surface area contributed by atoms with Crippen molar-refractivity contribution in [3.63, 3.8) is 0 Å². The summed E-state index contributed by atoms with van der Waals surface area (Å²) in [6, 6.07) is 11.3. The highest BCUT2D eigenvalue weighted by molar-refractivity contribution is 7.98. The number of thiazole rings is 1. The predicted molar refractivity (Wildman–Crippen MR) is 122 cm³/mol. The number of nitrogens with zero attached hydrogens (tertiary/aromatic N) is 4. The fraction of sp³-hybridized carbons (Fsp3) is 0.238. The van der Waals surface area contributed by atoms with Gasteiger partial charge in [-0.05, 0) is 24.6 Å². The summed E-state index contributed by atoms with van der Waals surface area (Å²) < 4.78 is 6.05. The number of anilines is 1. The molecule has 0 saturated carbocycles. The summed E-state index contributed by atoms with van der Waals surface area (Å²) in [6.45, 7) is 2.08. The molecule has 31 heavy (non-hydrogen) atoms. The maximum atomic E-state index is 9.86. The van der Waals surface area contributed by atoms with E-state index in [-0.39, 0.29) is 16.9 Å². The SMILES string of the molecule is CC(O)CCOc1ccc(-c2c(C#N)c(N)nc(SCc3csc(Cl)n3)c2C#N)cc1. The second-order valence-corrected chi connectivity index (χ2v) is 8.95. The van der Waals surface area contributed by atoms with Gasteiger partial charge in [-0.1, -0.05) is 35.5 Å². The molecule has 1 unspecified atom stereocenters. The number of aliphatic hydroxyl groups is 1. The van der Waals surface area contributed by atoms with Crippen LogP contribution in [0.3, 0.4) is 0 Å². The molecule has 158 valence electrons. The van der Waals surface area contributed by atoms with Crippen molar-refractivity contribution >= 4 is 40.5 Å². The standard InChI is InChI=1S/C21H18ClN5O2S2/c1-12(28)6-7-29-15-4-2-13(3-5-15)18-16(8-23)19(25)27-20(17(18)9-24)30-10-14-11-31-21(22)26-14/h2-5,11-12,28H,6-7,10H2,1H3,(H2,25,27). The number of rotatable bonds is 8. The Hall–Kier alpha value is -2.82. The molecule has 0 radical (unpaired) electrons.